The van der Waals surface area contributed by atoms with Crippen molar-refractivity contribution in [3.05, 3.63) is 0 Å². The number of carbonyl (C=O) groups excluding carboxylic acids is 2. The normalized spacial score (nSPS) is 11.0. The van der Waals surface area contributed by atoms with Gasteiger partial charge in [-0.05, 0) is 12.8 Å². The predicted octanol–water partition coefficient (Wildman–Crippen LogP) is 1.92. The van der Waals surface area contributed by atoms with Crippen molar-refractivity contribution in [1.29, 1.82) is 0 Å². The third-order valence-corrected chi connectivity index (χ3v) is 2.39. The summed E-state index contributed by atoms with van der Waals surface area (Å²) in [5, 5.41) is 2.48. The predicted molar refractivity (Wildman–Crippen MR) is 62.6 cm³/mol. The van der Waals surface area contributed by atoms with E-state index in [1.807, 2.05) is 0 Å². The van der Waals surface area contributed by atoms with Gasteiger partial charge < -0.3 is 15.0 Å². The fourth-order valence-corrected chi connectivity index (χ4v) is 1.22. The van der Waals surface area contributed by atoms with Crippen molar-refractivity contribution < 1.29 is 27.5 Å². The summed E-state index contributed by atoms with van der Waals surface area (Å²) in [5.74, 6) is -0.325. The number of halogens is 3. The molecule has 0 aliphatic rings. The van der Waals surface area contributed by atoms with Crippen LogP contribution in [0.4, 0.5) is 18.0 Å². The first kappa shape index (κ1) is 17.5. The van der Waals surface area contributed by atoms with Gasteiger partial charge in [0.1, 0.15) is 0 Å². The molecule has 0 aromatic rings. The van der Waals surface area contributed by atoms with E-state index in [0.717, 1.165) is 4.90 Å². The van der Waals surface area contributed by atoms with Crippen LogP contribution in [-0.4, -0.2) is 50.3 Å². The Bertz CT molecular complexity index is 295. The highest BCUT2D eigenvalue weighted by Crippen LogP contribution is 2.19. The number of urea groups is 1. The van der Waals surface area contributed by atoms with Gasteiger partial charge in [0.25, 0.3) is 0 Å². The first-order valence-electron chi connectivity index (χ1n) is 5.89. The topological polar surface area (TPSA) is 58.6 Å². The average molecular weight is 284 g/mol. The highest BCUT2D eigenvalue weighted by atomic mass is 19.4. The molecule has 0 rings (SSSR count). The van der Waals surface area contributed by atoms with E-state index in [1.54, 1.807) is 0 Å². The van der Waals surface area contributed by atoms with E-state index in [-0.39, 0.29) is 18.9 Å². The van der Waals surface area contributed by atoms with Gasteiger partial charge in [-0.3, -0.25) is 4.79 Å². The summed E-state index contributed by atoms with van der Waals surface area (Å²) >= 11 is 0. The van der Waals surface area contributed by atoms with E-state index < -0.39 is 18.6 Å². The molecule has 0 fully saturated rings. The third-order valence-electron chi connectivity index (χ3n) is 2.39. The van der Waals surface area contributed by atoms with Gasteiger partial charge in [0.05, 0.1) is 13.5 Å². The Morgan fingerprint density at radius 3 is 2.42 bits per heavy atom. The Kier molecular flexibility index (Phi) is 7.94. The highest BCUT2D eigenvalue weighted by molar-refractivity contribution is 5.73. The van der Waals surface area contributed by atoms with Gasteiger partial charge in [0, 0.05) is 26.6 Å². The van der Waals surface area contributed by atoms with Crippen molar-refractivity contribution in [2.45, 2.75) is 31.9 Å². The quantitative estimate of drug-likeness (QED) is 0.574. The monoisotopic (exact) mass is 284 g/mol. The molecule has 0 unspecified atom stereocenters. The van der Waals surface area contributed by atoms with Crippen LogP contribution in [0.1, 0.15) is 25.7 Å². The zero-order chi connectivity index (χ0) is 14.9. The summed E-state index contributed by atoms with van der Waals surface area (Å²) in [7, 11) is 2.59. The zero-order valence-electron chi connectivity index (χ0n) is 11.0. The zero-order valence-corrected chi connectivity index (χ0v) is 11.0. The Morgan fingerprint density at radius 2 is 1.89 bits per heavy atom. The second-order valence-corrected chi connectivity index (χ2v) is 4.05. The molecule has 8 heteroatoms. The Labute approximate surface area is 110 Å². The fraction of sp³-hybridized carbons (Fsp3) is 0.818. The van der Waals surface area contributed by atoms with Crippen molar-refractivity contribution in [2.24, 2.45) is 0 Å². The summed E-state index contributed by atoms with van der Waals surface area (Å²) in [6.07, 6.45) is -3.92. The number of nitrogens with zero attached hydrogens (tertiary/aromatic N) is 1. The average Bonchev–Trinajstić information content (AvgIpc) is 2.33. The number of ether oxygens (including phenoxy) is 1. The molecule has 0 bridgehead atoms. The molecule has 5 nitrogen and oxygen atoms in total. The number of amides is 2. The van der Waals surface area contributed by atoms with Crippen LogP contribution in [0.25, 0.3) is 0 Å². The van der Waals surface area contributed by atoms with Gasteiger partial charge in [-0.2, -0.15) is 13.2 Å². The molecule has 0 aliphatic carbocycles. The van der Waals surface area contributed by atoms with Crippen LogP contribution in [0.3, 0.4) is 0 Å². The molecule has 0 aromatic heterocycles. The Balaban J connectivity index is 3.65. The van der Waals surface area contributed by atoms with Crippen molar-refractivity contribution in [3.63, 3.8) is 0 Å². The minimum atomic E-state index is -4.27. The van der Waals surface area contributed by atoms with Crippen molar-refractivity contribution in [2.75, 3.05) is 27.2 Å². The number of unbranched alkanes of at least 4 members (excludes halogenated alkanes) is 1. The van der Waals surface area contributed by atoms with Crippen LogP contribution < -0.4 is 5.32 Å². The van der Waals surface area contributed by atoms with E-state index in [1.165, 1.54) is 14.2 Å². The number of rotatable bonds is 7. The molecule has 0 saturated heterocycles. The van der Waals surface area contributed by atoms with Crippen molar-refractivity contribution >= 4 is 12.0 Å². The van der Waals surface area contributed by atoms with E-state index >= 15 is 0 Å². The van der Waals surface area contributed by atoms with Crippen LogP contribution in [-0.2, 0) is 9.53 Å². The Morgan fingerprint density at radius 1 is 1.26 bits per heavy atom. The maximum atomic E-state index is 11.9. The molecular formula is C11H19F3N2O3. The summed E-state index contributed by atoms with van der Waals surface area (Å²) in [4.78, 5) is 23.1. The lowest BCUT2D eigenvalue weighted by atomic mass is 10.2. The second-order valence-electron chi connectivity index (χ2n) is 4.05. The highest BCUT2D eigenvalue weighted by Gasteiger charge is 2.27. The lowest BCUT2D eigenvalue weighted by Gasteiger charge is -2.18. The molecule has 0 heterocycles. The van der Waals surface area contributed by atoms with Gasteiger partial charge >= 0.3 is 18.2 Å². The van der Waals surface area contributed by atoms with Crippen LogP contribution in [0, 0.1) is 0 Å². The van der Waals surface area contributed by atoms with Gasteiger partial charge in [0.2, 0.25) is 0 Å². The molecule has 0 aromatic carbocycles. The number of nitrogens with one attached hydrogen (secondary N) is 1. The van der Waals surface area contributed by atoms with Crippen molar-refractivity contribution in [3.8, 4) is 0 Å². The molecule has 0 spiro atoms. The lowest BCUT2D eigenvalue weighted by molar-refractivity contribution is -0.140. The minimum Gasteiger partial charge on any atom is -0.469 e. The van der Waals surface area contributed by atoms with Crippen LogP contribution in [0.15, 0.2) is 0 Å². The lowest BCUT2D eigenvalue weighted by Crippen LogP contribution is -2.39. The first-order chi connectivity index (χ1) is 8.76. The third kappa shape index (κ3) is 10.2. The Hall–Kier alpha value is -1.47. The fourth-order valence-electron chi connectivity index (χ4n) is 1.22. The molecule has 1 N–H and O–H groups in total. The summed E-state index contributed by atoms with van der Waals surface area (Å²) in [6.45, 7) is -0.0658. The van der Waals surface area contributed by atoms with Crippen LogP contribution in [0.5, 0.6) is 0 Å². The number of hydrogen-bond donors (Lipinski definition) is 1. The van der Waals surface area contributed by atoms with Gasteiger partial charge in [-0.25, -0.2) is 4.79 Å². The van der Waals surface area contributed by atoms with Crippen LogP contribution >= 0.6 is 0 Å². The maximum absolute atomic E-state index is 11.9. The largest absolute Gasteiger partial charge is 0.469 e. The molecule has 19 heavy (non-hydrogen) atoms. The molecular weight excluding hydrogens is 265 g/mol. The van der Waals surface area contributed by atoms with E-state index in [2.05, 4.69) is 10.1 Å². The maximum Gasteiger partial charge on any atom is 0.390 e. The molecule has 0 aliphatic heterocycles. The number of alkyl halides is 3. The van der Waals surface area contributed by atoms with E-state index in [4.69, 9.17) is 0 Å². The number of hydrogen-bond acceptors (Lipinski definition) is 3. The standard InChI is InChI=1S/C11H19F3N2O3/c1-16(8-6-11(12,13)14)10(18)15-7-4-3-5-9(17)19-2/h3-8H2,1-2H3,(H,15,18). The summed E-state index contributed by atoms with van der Waals surface area (Å²) in [6, 6.07) is -0.553. The minimum absolute atomic E-state index is 0.260. The molecule has 0 saturated carbocycles. The summed E-state index contributed by atoms with van der Waals surface area (Å²) < 4.78 is 40.3. The molecule has 2 amide bonds. The number of esters is 1. The van der Waals surface area contributed by atoms with Gasteiger partial charge in [-0.15, -0.1) is 0 Å². The van der Waals surface area contributed by atoms with Crippen LogP contribution in [0.2, 0.25) is 0 Å². The SMILES string of the molecule is COC(=O)CCCCNC(=O)N(C)CCC(F)(F)F. The molecule has 112 valence electrons. The van der Waals surface area contributed by atoms with Gasteiger partial charge in [0.15, 0.2) is 0 Å². The summed E-state index contributed by atoms with van der Waals surface area (Å²) in [5.41, 5.74) is 0. The van der Waals surface area contributed by atoms with E-state index in [0.29, 0.717) is 19.4 Å². The smallest absolute Gasteiger partial charge is 0.390 e. The van der Waals surface area contributed by atoms with Crippen molar-refractivity contribution in [1.82, 2.24) is 10.2 Å². The molecule has 0 atom stereocenters. The number of methoxy groups -OCH3 is 1. The molecule has 0 radical (unpaired) electrons. The first-order valence-corrected chi connectivity index (χ1v) is 5.89. The van der Waals surface area contributed by atoms with E-state index in [9.17, 15) is 22.8 Å². The van der Waals surface area contributed by atoms with Gasteiger partial charge in [-0.1, -0.05) is 0 Å². The second kappa shape index (κ2) is 8.60. The number of carbonyl (C=O) groups is 2.